The van der Waals surface area contributed by atoms with Crippen molar-refractivity contribution in [2.75, 3.05) is 11.9 Å². The molecule has 4 heteroatoms. The van der Waals surface area contributed by atoms with Gasteiger partial charge < -0.3 is 10.1 Å². The zero-order chi connectivity index (χ0) is 14.6. The minimum absolute atomic E-state index is 0.0265. The lowest BCUT2D eigenvalue weighted by Crippen LogP contribution is -2.43. The molecule has 3 nitrogen and oxygen atoms in total. The molecule has 1 N–H and O–H groups in total. The van der Waals surface area contributed by atoms with E-state index >= 15 is 0 Å². The van der Waals surface area contributed by atoms with Gasteiger partial charge in [0.2, 0.25) is 0 Å². The van der Waals surface area contributed by atoms with Crippen LogP contribution >= 0.6 is 11.6 Å². The van der Waals surface area contributed by atoms with Crippen LogP contribution in [-0.2, 0) is 4.74 Å². The zero-order valence-corrected chi connectivity index (χ0v) is 12.8. The molecule has 1 saturated heterocycles. The Morgan fingerprint density at radius 3 is 2.85 bits per heavy atom. The van der Waals surface area contributed by atoms with E-state index in [2.05, 4.69) is 25.2 Å². The van der Waals surface area contributed by atoms with Crippen LogP contribution in [0.2, 0.25) is 5.02 Å². The van der Waals surface area contributed by atoms with Gasteiger partial charge in [0.1, 0.15) is 6.07 Å². The van der Waals surface area contributed by atoms with Gasteiger partial charge in [0.05, 0.1) is 16.9 Å². The second-order valence-electron chi connectivity index (χ2n) is 5.37. The number of hydrogen-bond acceptors (Lipinski definition) is 3. The number of ether oxygens (including phenoxy) is 1. The molecule has 1 atom stereocenters. The van der Waals surface area contributed by atoms with Gasteiger partial charge in [-0.25, -0.2) is 0 Å². The molecule has 1 aromatic rings. The highest BCUT2D eigenvalue weighted by Crippen LogP contribution is 2.33. The minimum Gasteiger partial charge on any atom is -0.381 e. The van der Waals surface area contributed by atoms with Gasteiger partial charge in [-0.3, -0.25) is 0 Å². The third-order valence-electron chi connectivity index (χ3n) is 4.24. The first kappa shape index (κ1) is 15.2. The number of nitrogens with zero attached hydrogens (tertiary/aromatic N) is 1. The predicted molar refractivity (Wildman–Crippen MR) is 82.1 cm³/mol. The first-order valence-electron chi connectivity index (χ1n) is 7.22. The summed E-state index contributed by atoms with van der Waals surface area (Å²) in [6.45, 7) is 5.11. The Bertz CT molecular complexity index is 506. The number of halogens is 1. The lowest BCUT2D eigenvalue weighted by Gasteiger charge is -2.40. The fraction of sp³-hybridized carbons (Fsp3) is 0.562. The van der Waals surface area contributed by atoms with Crippen LogP contribution in [0.4, 0.5) is 5.69 Å². The normalized spacial score (nSPS) is 21.2. The van der Waals surface area contributed by atoms with E-state index in [4.69, 9.17) is 16.3 Å². The van der Waals surface area contributed by atoms with Crippen LogP contribution in [0.25, 0.3) is 0 Å². The lowest BCUT2D eigenvalue weighted by molar-refractivity contribution is -0.0864. The number of nitriles is 1. The highest BCUT2D eigenvalue weighted by atomic mass is 35.5. The molecular formula is C16H21ClN2O. The molecule has 1 aliphatic rings. The summed E-state index contributed by atoms with van der Waals surface area (Å²) in [6, 6.07) is 7.87. The third kappa shape index (κ3) is 3.26. The minimum atomic E-state index is -0.0265. The second-order valence-corrected chi connectivity index (χ2v) is 5.81. The average Bonchev–Trinajstić information content (AvgIpc) is 2.47. The molecular weight excluding hydrogens is 272 g/mol. The number of hydrogen-bond donors (Lipinski definition) is 1. The van der Waals surface area contributed by atoms with Crippen molar-refractivity contribution in [3.8, 4) is 6.07 Å². The van der Waals surface area contributed by atoms with Crippen LogP contribution in [0.1, 0.15) is 45.1 Å². The Morgan fingerprint density at radius 1 is 1.45 bits per heavy atom. The summed E-state index contributed by atoms with van der Waals surface area (Å²) in [5.41, 5.74) is 1.44. The van der Waals surface area contributed by atoms with Gasteiger partial charge >= 0.3 is 0 Å². The summed E-state index contributed by atoms with van der Waals surface area (Å²) >= 11 is 6.03. The Morgan fingerprint density at radius 2 is 2.20 bits per heavy atom. The average molecular weight is 293 g/mol. The van der Waals surface area contributed by atoms with E-state index in [-0.39, 0.29) is 5.60 Å². The molecule has 0 radical (unpaired) electrons. The van der Waals surface area contributed by atoms with Gasteiger partial charge in [-0.2, -0.15) is 5.26 Å². The van der Waals surface area contributed by atoms with Crippen molar-refractivity contribution in [3.63, 3.8) is 0 Å². The molecule has 0 bridgehead atoms. The van der Waals surface area contributed by atoms with Crippen molar-refractivity contribution in [2.45, 2.75) is 51.2 Å². The first-order chi connectivity index (χ1) is 9.62. The van der Waals surface area contributed by atoms with Gasteiger partial charge in [0.15, 0.2) is 0 Å². The van der Waals surface area contributed by atoms with Crippen molar-refractivity contribution in [1.29, 1.82) is 5.26 Å². The Kier molecular flexibility index (Phi) is 4.91. The maximum absolute atomic E-state index is 9.18. The smallest absolute Gasteiger partial charge is 0.101 e. The van der Waals surface area contributed by atoms with E-state index in [9.17, 15) is 5.26 Å². The summed E-state index contributed by atoms with van der Waals surface area (Å²) in [5, 5.41) is 13.3. The van der Waals surface area contributed by atoms with Crippen LogP contribution < -0.4 is 5.32 Å². The molecule has 0 spiro atoms. The van der Waals surface area contributed by atoms with Crippen molar-refractivity contribution >= 4 is 17.3 Å². The number of nitrogens with one attached hydrogen (secondary N) is 1. The Balaban J connectivity index is 2.14. The highest BCUT2D eigenvalue weighted by Gasteiger charge is 2.34. The largest absolute Gasteiger partial charge is 0.381 e. The summed E-state index contributed by atoms with van der Waals surface area (Å²) in [5.74, 6) is 0. The van der Waals surface area contributed by atoms with E-state index in [0.29, 0.717) is 16.6 Å². The van der Waals surface area contributed by atoms with Crippen LogP contribution in [-0.4, -0.2) is 18.2 Å². The molecule has 0 saturated carbocycles. The topological polar surface area (TPSA) is 45.0 Å². The number of benzene rings is 1. The van der Waals surface area contributed by atoms with Crippen molar-refractivity contribution in [1.82, 2.24) is 0 Å². The molecule has 1 aliphatic heterocycles. The van der Waals surface area contributed by atoms with E-state index < -0.39 is 0 Å². The van der Waals surface area contributed by atoms with Crippen molar-refractivity contribution < 1.29 is 4.74 Å². The van der Waals surface area contributed by atoms with Crippen molar-refractivity contribution in [3.05, 3.63) is 28.8 Å². The van der Waals surface area contributed by atoms with E-state index in [1.165, 1.54) is 0 Å². The molecule has 1 aromatic carbocycles. The maximum Gasteiger partial charge on any atom is 0.101 e. The van der Waals surface area contributed by atoms with Crippen LogP contribution in [0.15, 0.2) is 18.2 Å². The molecule has 0 aromatic heterocycles. The van der Waals surface area contributed by atoms with E-state index in [1.807, 2.05) is 6.07 Å². The fourth-order valence-corrected chi connectivity index (χ4v) is 3.02. The molecule has 1 unspecified atom stereocenters. The number of anilines is 1. The summed E-state index contributed by atoms with van der Waals surface area (Å²) in [7, 11) is 0. The maximum atomic E-state index is 9.18. The van der Waals surface area contributed by atoms with Gasteiger partial charge in [-0.15, -0.1) is 0 Å². The highest BCUT2D eigenvalue weighted by molar-refractivity contribution is 6.30. The second kappa shape index (κ2) is 6.47. The zero-order valence-electron chi connectivity index (χ0n) is 12.1. The summed E-state index contributed by atoms with van der Waals surface area (Å²) < 4.78 is 5.98. The molecule has 0 amide bonds. The summed E-state index contributed by atoms with van der Waals surface area (Å²) in [4.78, 5) is 0. The van der Waals surface area contributed by atoms with E-state index in [0.717, 1.165) is 38.0 Å². The molecule has 1 heterocycles. The van der Waals surface area contributed by atoms with Crippen LogP contribution in [0, 0.1) is 11.3 Å². The fourth-order valence-electron chi connectivity index (χ4n) is 2.85. The monoisotopic (exact) mass is 292 g/mol. The van der Waals surface area contributed by atoms with Gasteiger partial charge in [0, 0.05) is 17.7 Å². The van der Waals surface area contributed by atoms with Gasteiger partial charge in [0.25, 0.3) is 0 Å². The van der Waals surface area contributed by atoms with Gasteiger partial charge in [-0.1, -0.05) is 25.4 Å². The van der Waals surface area contributed by atoms with Gasteiger partial charge in [-0.05, 0) is 43.9 Å². The molecule has 1 fully saturated rings. The van der Waals surface area contributed by atoms with Crippen molar-refractivity contribution in [2.24, 2.45) is 0 Å². The van der Waals surface area contributed by atoms with Crippen LogP contribution in [0.5, 0.6) is 0 Å². The quantitative estimate of drug-likeness (QED) is 0.896. The Labute approximate surface area is 125 Å². The molecule has 20 heavy (non-hydrogen) atoms. The number of rotatable bonds is 4. The standard InChI is InChI=1S/C16H21ClN2O/c1-3-16(4-2)10-14(7-8-20-16)19-15-9-13(17)6-5-12(15)11-18/h5-6,9,14,19H,3-4,7-8,10H2,1-2H3. The first-order valence-corrected chi connectivity index (χ1v) is 7.60. The summed E-state index contributed by atoms with van der Waals surface area (Å²) in [6.07, 6.45) is 3.96. The molecule has 2 rings (SSSR count). The third-order valence-corrected chi connectivity index (χ3v) is 4.48. The molecule has 108 valence electrons. The SMILES string of the molecule is CCC1(CC)CC(Nc2cc(Cl)ccc2C#N)CCO1. The van der Waals surface area contributed by atoms with Crippen LogP contribution in [0.3, 0.4) is 0 Å². The van der Waals surface area contributed by atoms with E-state index in [1.54, 1.807) is 12.1 Å². The molecule has 0 aliphatic carbocycles. The predicted octanol–water partition coefficient (Wildman–Crippen LogP) is 4.36. The lowest BCUT2D eigenvalue weighted by atomic mass is 9.86. The Hall–Kier alpha value is -1.24.